The van der Waals surface area contributed by atoms with E-state index >= 15 is 0 Å². The van der Waals surface area contributed by atoms with Gasteiger partial charge in [-0.05, 0) is 50.3 Å². The third-order valence-corrected chi connectivity index (χ3v) is 7.64. The van der Waals surface area contributed by atoms with Crippen molar-refractivity contribution in [2.45, 2.75) is 95.6 Å². The predicted octanol–water partition coefficient (Wildman–Crippen LogP) is 5.35. The summed E-state index contributed by atoms with van der Waals surface area (Å²) >= 11 is 0. The van der Waals surface area contributed by atoms with Gasteiger partial charge in [0.25, 0.3) is 0 Å². The predicted molar refractivity (Wildman–Crippen MR) is 175 cm³/mol. The molecule has 0 aromatic heterocycles. The molecule has 0 saturated carbocycles. The Balaban J connectivity index is 1.54. The molecule has 0 bridgehead atoms. The lowest BCUT2D eigenvalue weighted by Crippen LogP contribution is -2.60. The van der Waals surface area contributed by atoms with E-state index in [-0.39, 0.29) is 32.7 Å². The largest absolute Gasteiger partial charge is 0.467 e. The summed E-state index contributed by atoms with van der Waals surface area (Å²) in [6.45, 7) is 6.24. The van der Waals surface area contributed by atoms with Gasteiger partial charge >= 0.3 is 12.1 Å². The standard InChI is InChI=1S/C37H47NO9/c1-37(2,3)47-36(41)38-29(35(40)42-4)20-21-30-32(39)34(45-24-28-18-12-7-13-19-28)33(44-23-27-16-10-6-11-17-27)31(46-30)25-43-22-26-14-8-5-9-15-26/h5-19,29-34,39H,20-25H2,1-4H3,(H,38,41)/t29?,30-,31+,32-,33+,34+/m0/s1. The SMILES string of the molecule is COC(=O)C(CC[C@@H]1O[C@H](COCc2ccccc2)[C@@H](OCc2ccccc2)[C@H](OCc2ccccc2)[C@H]1O)NC(=O)OC(C)(C)C. The van der Waals surface area contributed by atoms with Crippen LogP contribution in [0.25, 0.3) is 0 Å². The Hall–Kier alpha value is -3.80. The van der Waals surface area contributed by atoms with Gasteiger partial charge in [0.1, 0.15) is 36.1 Å². The highest BCUT2D eigenvalue weighted by molar-refractivity contribution is 5.81. The second kappa shape index (κ2) is 17.9. The number of esters is 1. The molecule has 254 valence electrons. The van der Waals surface area contributed by atoms with Gasteiger partial charge in [0, 0.05) is 0 Å². The van der Waals surface area contributed by atoms with Crippen molar-refractivity contribution in [3.63, 3.8) is 0 Å². The molecule has 3 aromatic rings. The molecule has 1 amide bonds. The Morgan fingerprint density at radius 1 is 0.787 bits per heavy atom. The van der Waals surface area contributed by atoms with Crippen LogP contribution in [0.1, 0.15) is 50.3 Å². The van der Waals surface area contributed by atoms with Gasteiger partial charge in [-0.15, -0.1) is 0 Å². The number of carbonyl (C=O) groups is 2. The molecule has 6 atom stereocenters. The zero-order chi connectivity index (χ0) is 33.6. The smallest absolute Gasteiger partial charge is 0.408 e. The van der Waals surface area contributed by atoms with Gasteiger partial charge in [0.15, 0.2) is 0 Å². The van der Waals surface area contributed by atoms with Crippen molar-refractivity contribution in [2.75, 3.05) is 13.7 Å². The molecule has 4 rings (SSSR count). The van der Waals surface area contributed by atoms with Crippen LogP contribution in [0, 0.1) is 0 Å². The van der Waals surface area contributed by atoms with Gasteiger partial charge in [-0.25, -0.2) is 9.59 Å². The monoisotopic (exact) mass is 649 g/mol. The third kappa shape index (κ3) is 11.7. The molecule has 0 radical (unpaired) electrons. The lowest BCUT2D eigenvalue weighted by atomic mass is 9.91. The highest BCUT2D eigenvalue weighted by atomic mass is 16.6. The van der Waals surface area contributed by atoms with Crippen LogP contribution < -0.4 is 5.32 Å². The fraction of sp³-hybridized carbons (Fsp3) is 0.459. The zero-order valence-corrected chi connectivity index (χ0v) is 27.6. The maximum atomic E-state index is 12.6. The molecule has 3 aromatic carbocycles. The van der Waals surface area contributed by atoms with Crippen molar-refractivity contribution < 1.29 is 43.1 Å². The number of rotatable bonds is 15. The molecule has 1 unspecified atom stereocenters. The minimum absolute atomic E-state index is 0.117. The van der Waals surface area contributed by atoms with Crippen molar-refractivity contribution in [1.82, 2.24) is 5.32 Å². The van der Waals surface area contributed by atoms with E-state index < -0.39 is 54.2 Å². The van der Waals surface area contributed by atoms with Crippen molar-refractivity contribution in [2.24, 2.45) is 0 Å². The first-order valence-corrected chi connectivity index (χ1v) is 16.0. The number of hydrogen-bond donors (Lipinski definition) is 2. The molecule has 1 saturated heterocycles. The van der Waals surface area contributed by atoms with Crippen LogP contribution in [0.15, 0.2) is 91.0 Å². The number of nitrogens with one attached hydrogen (secondary N) is 1. The van der Waals surface area contributed by atoms with E-state index in [2.05, 4.69) is 5.32 Å². The number of carbonyl (C=O) groups excluding carboxylic acids is 2. The lowest BCUT2D eigenvalue weighted by molar-refractivity contribution is -0.262. The van der Waals surface area contributed by atoms with Gasteiger partial charge in [-0.2, -0.15) is 0 Å². The molecule has 1 fully saturated rings. The van der Waals surface area contributed by atoms with Gasteiger partial charge in [0.05, 0.1) is 39.6 Å². The van der Waals surface area contributed by atoms with Crippen molar-refractivity contribution in [3.8, 4) is 0 Å². The molecule has 0 spiro atoms. The van der Waals surface area contributed by atoms with E-state index in [1.54, 1.807) is 20.8 Å². The summed E-state index contributed by atoms with van der Waals surface area (Å²) in [7, 11) is 1.25. The molecule has 1 heterocycles. The summed E-state index contributed by atoms with van der Waals surface area (Å²) in [5.74, 6) is -0.634. The number of methoxy groups -OCH3 is 1. The number of benzene rings is 3. The first-order valence-electron chi connectivity index (χ1n) is 16.0. The molecular formula is C37H47NO9. The summed E-state index contributed by atoms with van der Waals surface area (Å²) in [6, 6.07) is 28.2. The van der Waals surface area contributed by atoms with Gasteiger partial charge in [-0.1, -0.05) is 91.0 Å². The molecular weight excluding hydrogens is 602 g/mol. The van der Waals surface area contributed by atoms with Crippen molar-refractivity contribution >= 4 is 12.1 Å². The Kier molecular flexibility index (Phi) is 13.8. The summed E-state index contributed by atoms with van der Waals surface area (Å²) in [6.07, 6.45) is -4.42. The Morgan fingerprint density at radius 2 is 1.30 bits per heavy atom. The molecule has 1 aliphatic heterocycles. The van der Waals surface area contributed by atoms with Crippen molar-refractivity contribution in [1.29, 1.82) is 0 Å². The Bertz CT molecular complexity index is 1350. The van der Waals surface area contributed by atoms with Crippen LogP contribution in [0.2, 0.25) is 0 Å². The van der Waals surface area contributed by atoms with Gasteiger partial charge < -0.3 is 38.8 Å². The van der Waals surface area contributed by atoms with E-state index in [1.807, 2.05) is 91.0 Å². The minimum atomic E-state index is -1.12. The Labute approximate surface area is 277 Å². The Morgan fingerprint density at radius 3 is 1.81 bits per heavy atom. The summed E-state index contributed by atoms with van der Waals surface area (Å²) < 4.78 is 35.8. The molecule has 47 heavy (non-hydrogen) atoms. The normalized spacial score (nSPS) is 21.9. The number of hydrogen-bond acceptors (Lipinski definition) is 9. The second-order valence-electron chi connectivity index (χ2n) is 12.5. The maximum absolute atomic E-state index is 12.6. The van der Waals surface area contributed by atoms with Crippen LogP contribution in [0.5, 0.6) is 0 Å². The van der Waals surface area contributed by atoms with E-state index in [0.717, 1.165) is 16.7 Å². The van der Waals surface area contributed by atoms with E-state index in [4.69, 9.17) is 28.4 Å². The fourth-order valence-corrected chi connectivity index (χ4v) is 5.34. The highest BCUT2D eigenvalue weighted by Crippen LogP contribution is 2.31. The summed E-state index contributed by atoms with van der Waals surface area (Å²) in [4.78, 5) is 25.2. The molecule has 10 heteroatoms. The number of aliphatic hydroxyl groups excluding tert-OH is 1. The van der Waals surface area contributed by atoms with Crippen molar-refractivity contribution in [3.05, 3.63) is 108 Å². The first kappa shape index (κ1) is 36.0. The topological polar surface area (TPSA) is 122 Å². The average Bonchev–Trinajstić information content (AvgIpc) is 3.06. The quantitative estimate of drug-likeness (QED) is 0.210. The van der Waals surface area contributed by atoms with E-state index in [9.17, 15) is 14.7 Å². The molecule has 0 aliphatic carbocycles. The zero-order valence-electron chi connectivity index (χ0n) is 27.6. The second-order valence-corrected chi connectivity index (χ2v) is 12.5. The van der Waals surface area contributed by atoms with E-state index in [1.165, 1.54) is 7.11 Å². The summed E-state index contributed by atoms with van der Waals surface area (Å²) in [5.41, 5.74) is 2.16. The molecule has 2 N–H and O–H groups in total. The van der Waals surface area contributed by atoms with Crippen LogP contribution >= 0.6 is 0 Å². The number of aliphatic hydroxyl groups is 1. The number of ether oxygens (including phenoxy) is 6. The first-order chi connectivity index (χ1) is 22.6. The van der Waals surface area contributed by atoms with Gasteiger partial charge in [0.2, 0.25) is 0 Å². The summed E-state index contributed by atoms with van der Waals surface area (Å²) in [5, 5.41) is 14.3. The molecule has 1 aliphatic rings. The molecule has 10 nitrogen and oxygen atoms in total. The van der Waals surface area contributed by atoms with Gasteiger partial charge in [-0.3, -0.25) is 0 Å². The minimum Gasteiger partial charge on any atom is -0.467 e. The fourth-order valence-electron chi connectivity index (χ4n) is 5.34. The highest BCUT2D eigenvalue weighted by Gasteiger charge is 2.47. The number of amides is 1. The third-order valence-electron chi connectivity index (χ3n) is 7.64. The van der Waals surface area contributed by atoms with Crippen LogP contribution in [0.3, 0.4) is 0 Å². The van der Waals surface area contributed by atoms with Crippen LogP contribution in [-0.2, 0) is 53.0 Å². The maximum Gasteiger partial charge on any atom is 0.408 e. The lowest BCUT2D eigenvalue weighted by Gasteiger charge is -2.45. The van der Waals surface area contributed by atoms with Crippen LogP contribution in [0.4, 0.5) is 4.79 Å². The van der Waals surface area contributed by atoms with Crippen LogP contribution in [-0.4, -0.2) is 73.0 Å². The average molecular weight is 650 g/mol. The van der Waals surface area contributed by atoms with E-state index in [0.29, 0.717) is 6.61 Å². The number of alkyl carbamates (subject to hydrolysis) is 1.